The van der Waals surface area contributed by atoms with Crippen LogP contribution in [-0.4, -0.2) is 17.6 Å². The lowest BCUT2D eigenvalue weighted by Crippen LogP contribution is -2.04. The number of ether oxygens (including phenoxy) is 1. The van der Waals surface area contributed by atoms with Crippen LogP contribution in [0.15, 0.2) is 27.1 Å². The van der Waals surface area contributed by atoms with Crippen molar-refractivity contribution in [2.24, 2.45) is 0 Å². The minimum absolute atomic E-state index is 0.105. The molecule has 2 rings (SSSR count). The molecule has 6 heteroatoms. The summed E-state index contributed by atoms with van der Waals surface area (Å²) in [6, 6.07) is 5.40. The highest BCUT2D eigenvalue weighted by Gasteiger charge is 2.20. The largest absolute Gasteiger partial charge is 0.460 e. The fourth-order valence-corrected chi connectivity index (χ4v) is 2.14. The van der Waals surface area contributed by atoms with Crippen molar-refractivity contribution in [1.29, 1.82) is 0 Å². The minimum Gasteiger partial charge on any atom is -0.460 e. The van der Waals surface area contributed by atoms with Gasteiger partial charge in [0, 0.05) is 4.47 Å². The third kappa shape index (κ3) is 2.82. The third-order valence-corrected chi connectivity index (χ3v) is 3.74. The number of carbonyl (C=O) groups is 1. The highest BCUT2D eigenvalue weighted by molar-refractivity contribution is 9.10. The van der Waals surface area contributed by atoms with Crippen LogP contribution in [0.3, 0.4) is 0 Å². The van der Waals surface area contributed by atoms with E-state index in [1.807, 2.05) is 12.1 Å². The van der Waals surface area contributed by atoms with Gasteiger partial charge in [0.1, 0.15) is 0 Å². The number of halogens is 2. The summed E-state index contributed by atoms with van der Waals surface area (Å²) < 4.78 is 11.1. The average Bonchev–Trinajstić information content (AvgIpc) is 2.75. The van der Waals surface area contributed by atoms with Crippen LogP contribution in [0.4, 0.5) is 0 Å². The zero-order chi connectivity index (χ0) is 14.0. The summed E-state index contributed by atoms with van der Waals surface area (Å²) in [5.74, 6) is -0.121. The van der Waals surface area contributed by atoms with Gasteiger partial charge in [-0.05, 0) is 41.9 Å². The van der Waals surface area contributed by atoms with E-state index in [0.717, 1.165) is 4.47 Å². The van der Waals surface area contributed by atoms with E-state index >= 15 is 0 Å². The van der Waals surface area contributed by atoms with Crippen molar-refractivity contribution in [2.45, 2.75) is 13.8 Å². The average molecular weight is 345 g/mol. The van der Waals surface area contributed by atoms with Gasteiger partial charge in [-0.2, -0.15) is 0 Å². The topological polar surface area (TPSA) is 52.3 Å². The van der Waals surface area contributed by atoms with E-state index in [4.69, 9.17) is 20.8 Å². The number of aromatic nitrogens is 1. The number of aryl methyl sites for hydroxylation is 1. The molecule has 0 amide bonds. The molecule has 0 saturated carbocycles. The molecule has 0 N–H and O–H groups in total. The summed E-state index contributed by atoms with van der Waals surface area (Å²) in [6.45, 7) is 3.70. The summed E-state index contributed by atoms with van der Waals surface area (Å²) in [6.07, 6.45) is 0. The van der Waals surface area contributed by atoms with Crippen molar-refractivity contribution >= 4 is 33.5 Å². The Morgan fingerprint density at radius 2 is 2.26 bits per heavy atom. The van der Waals surface area contributed by atoms with Gasteiger partial charge in [-0.1, -0.05) is 17.7 Å². The van der Waals surface area contributed by atoms with Gasteiger partial charge < -0.3 is 9.15 Å². The van der Waals surface area contributed by atoms with Crippen LogP contribution >= 0.6 is 27.5 Å². The van der Waals surface area contributed by atoms with Gasteiger partial charge in [-0.25, -0.2) is 9.78 Å². The Kier molecular flexibility index (Phi) is 4.27. The van der Waals surface area contributed by atoms with E-state index in [2.05, 4.69) is 20.9 Å². The molecule has 2 aromatic rings. The first kappa shape index (κ1) is 14.1. The Morgan fingerprint density at radius 3 is 2.95 bits per heavy atom. The van der Waals surface area contributed by atoms with Gasteiger partial charge in [-0.3, -0.25) is 0 Å². The Hall–Kier alpha value is -1.33. The van der Waals surface area contributed by atoms with Crippen molar-refractivity contribution in [3.05, 3.63) is 39.1 Å². The molecule has 0 aliphatic carbocycles. The third-order valence-electron chi connectivity index (χ3n) is 2.44. The number of benzene rings is 1. The van der Waals surface area contributed by atoms with Crippen LogP contribution in [0.25, 0.3) is 11.5 Å². The minimum atomic E-state index is -0.523. The fourth-order valence-electron chi connectivity index (χ4n) is 1.57. The molecule has 0 aliphatic rings. The zero-order valence-electron chi connectivity index (χ0n) is 10.4. The SMILES string of the molecule is CCOC(=O)c1oc(-c2cccc(Br)c2Cl)nc1C. The second kappa shape index (κ2) is 5.75. The maximum Gasteiger partial charge on any atom is 0.376 e. The smallest absolute Gasteiger partial charge is 0.376 e. The molecule has 1 heterocycles. The van der Waals surface area contributed by atoms with E-state index in [1.54, 1.807) is 19.9 Å². The lowest BCUT2D eigenvalue weighted by molar-refractivity contribution is 0.0490. The first-order chi connectivity index (χ1) is 9.04. The molecule has 19 heavy (non-hydrogen) atoms. The highest BCUT2D eigenvalue weighted by atomic mass is 79.9. The number of carbonyl (C=O) groups excluding carboxylic acids is 1. The Bertz CT molecular complexity index is 624. The summed E-state index contributed by atoms with van der Waals surface area (Å²) in [5.41, 5.74) is 1.10. The van der Waals surface area contributed by atoms with Crippen molar-refractivity contribution in [3.63, 3.8) is 0 Å². The Balaban J connectivity index is 2.45. The number of nitrogens with zero attached hydrogens (tertiary/aromatic N) is 1. The van der Waals surface area contributed by atoms with Gasteiger partial charge in [-0.15, -0.1) is 0 Å². The van der Waals surface area contributed by atoms with Crippen LogP contribution in [0.1, 0.15) is 23.2 Å². The second-order valence-electron chi connectivity index (χ2n) is 3.76. The molecule has 0 bridgehead atoms. The fraction of sp³-hybridized carbons (Fsp3) is 0.231. The summed E-state index contributed by atoms with van der Waals surface area (Å²) in [5, 5.41) is 0.485. The number of oxazole rings is 1. The Labute approximate surface area is 123 Å². The van der Waals surface area contributed by atoms with E-state index in [0.29, 0.717) is 22.2 Å². The van der Waals surface area contributed by atoms with Crippen LogP contribution in [0.5, 0.6) is 0 Å². The monoisotopic (exact) mass is 343 g/mol. The lowest BCUT2D eigenvalue weighted by atomic mass is 10.2. The molecule has 0 saturated heterocycles. The van der Waals surface area contributed by atoms with Crippen molar-refractivity contribution in [3.8, 4) is 11.5 Å². The molecule has 0 fully saturated rings. The van der Waals surface area contributed by atoms with Crippen LogP contribution in [-0.2, 0) is 4.74 Å². The van der Waals surface area contributed by atoms with Crippen LogP contribution in [0, 0.1) is 6.92 Å². The molecule has 0 unspecified atom stereocenters. The van der Waals surface area contributed by atoms with E-state index < -0.39 is 5.97 Å². The number of hydrogen-bond acceptors (Lipinski definition) is 4. The van der Waals surface area contributed by atoms with Gasteiger partial charge in [0.25, 0.3) is 0 Å². The molecule has 0 atom stereocenters. The number of esters is 1. The first-order valence-corrected chi connectivity index (χ1v) is 6.80. The lowest BCUT2D eigenvalue weighted by Gasteiger charge is -2.01. The summed E-state index contributed by atoms with van der Waals surface area (Å²) in [7, 11) is 0. The van der Waals surface area contributed by atoms with Gasteiger partial charge in [0.05, 0.1) is 22.9 Å². The number of hydrogen-bond donors (Lipinski definition) is 0. The van der Waals surface area contributed by atoms with Crippen LogP contribution < -0.4 is 0 Å². The molecule has 4 nitrogen and oxygen atoms in total. The van der Waals surface area contributed by atoms with E-state index in [9.17, 15) is 4.79 Å². The van der Waals surface area contributed by atoms with E-state index in [-0.39, 0.29) is 12.4 Å². The molecule has 1 aromatic heterocycles. The molecule has 100 valence electrons. The molecule has 0 aliphatic heterocycles. The quantitative estimate of drug-likeness (QED) is 0.781. The summed E-state index contributed by atoms with van der Waals surface area (Å²) in [4.78, 5) is 15.9. The van der Waals surface area contributed by atoms with Gasteiger partial charge in [0.2, 0.25) is 11.7 Å². The molecular weight excluding hydrogens is 334 g/mol. The summed E-state index contributed by atoms with van der Waals surface area (Å²) >= 11 is 9.50. The number of rotatable bonds is 3. The second-order valence-corrected chi connectivity index (χ2v) is 4.99. The normalized spacial score (nSPS) is 10.5. The molecule has 0 radical (unpaired) electrons. The predicted molar refractivity (Wildman–Crippen MR) is 75.3 cm³/mol. The molecular formula is C13H11BrClNO3. The van der Waals surface area contributed by atoms with Crippen molar-refractivity contribution in [2.75, 3.05) is 6.61 Å². The van der Waals surface area contributed by atoms with Crippen molar-refractivity contribution in [1.82, 2.24) is 4.98 Å². The maximum atomic E-state index is 11.7. The van der Waals surface area contributed by atoms with Gasteiger partial charge in [0.15, 0.2) is 0 Å². The Morgan fingerprint density at radius 1 is 1.53 bits per heavy atom. The van der Waals surface area contributed by atoms with Crippen LogP contribution in [0.2, 0.25) is 5.02 Å². The molecule has 1 aromatic carbocycles. The maximum absolute atomic E-state index is 11.7. The van der Waals surface area contributed by atoms with Crippen molar-refractivity contribution < 1.29 is 13.9 Å². The standard InChI is InChI=1S/C13H11BrClNO3/c1-3-18-13(17)11-7(2)16-12(19-11)8-5-4-6-9(14)10(8)15/h4-6H,3H2,1-2H3. The highest BCUT2D eigenvalue weighted by Crippen LogP contribution is 2.34. The first-order valence-electron chi connectivity index (χ1n) is 5.63. The van der Waals surface area contributed by atoms with Gasteiger partial charge >= 0.3 is 5.97 Å². The zero-order valence-corrected chi connectivity index (χ0v) is 12.7. The van der Waals surface area contributed by atoms with E-state index in [1.165, 1.54) is 0 Å². The predicted octanol–water partition coefficient (Wildman–Crippen LogP) is 4.24. The molecule has 0 spiro atoms.